The van der Waals surface area contributed by atoms with Gasteiger partial charge in [0.25, 0.3) is 0 Å². The Labute approximate surface area is 88.7 Å². The summed E-state index contributed by atoms with van der Waals surface area (Å²) in [5.74, 6) is 0.157. The molecule has 0 radical (unpaired) electrons. The molecule has 1 aromatic heterocycles. The van der Waals surface area contributed by atoms with Crippen molar-refractivity contribution in [3.63, 3.8) is 0 Å². The van der Waals surface area contributed by atoms with Gasteiger partial charge in [-0.25, -0.2) is 0 Å². The van der Waals surface area contributed by atoms with Gasteiger partial charge in [0.2, 0.25) is 5.91 Å². The number of hydrogen-bond acceptors (Lipinski definition) is 3. The minimum Gasteiger partial charge on any atom is -0.319 e. The Morgan fingerprint density at radius 1 is 1.64 bits per heavy atom. The molecular formula is C10H16N2OS. The monoisotopic (exact) mass is 212 g/mol. The summed E-state index contributed by atoms with van der Waals surface area (Å²) < 4.78 is 0. The number of rotatable bonds is 4. The van der Waals surface area contributed by atoms with Crippen molar-refractivity contribution in [2.24, 2.45) is 0 Å². The lowest BCUT2D eigenvalue weighted by atomic mass is 10.3. The maximum absolute atomic E-state index is 11.6. The average molecular weight is 212 g/mol. The SMILES string of the molecule is CNCCC(=O)N(C)c1sccc1C. The first-order valence-electron chi connectivity index (χ1n) is 4.62. The maximum Gasteiger partial charge on any atom is 0.228 e. The Morgan fingerprint density at radius 3 is 2.86 bits per heavy atom. The van der Waals surface area contributed by atoms with Crippen LogP contribution in [0.4, 0.5) is 5.00 Å². The highest BCUT2D eigenvalue weighted by atomic mass is 32.1. The molecule has 3 nitrogen and oxygen atoms in total. The second-order valence-electron chi connectivity index (χ2n) is 3.22. The van der Waals surface area contributed by atoms with E-state index in [2.05, 4.69) is 5.32 Å². The van der Waals surface area contributed by atoms with Gasteiger partial charge in [0, 0.05) is 20.0 Å². The first-order valence-corrected chi connectivity index (χ1v) is 5.50. The van der Waals surface area contributed by atoms with Gasteiger partial charge in [-0.1, -0.05) is 0 Å². The van der Waals surface area contributed by atoms with E-state index < -0.39 is 0 Å². The van der Waals surface area contributed by atoms with Crippen LogP contribution < -0.4 is 10.2 Å². The van der Waals surface area contributed by atoms with Gasteiger partial charge in [0.15, 0.2) is 0 Å². The molecule has 14 heavy (non-hydrogen) atoms. The van der Waals surface area contributed by atoms with Gasteiger partial charge >= 0.3 is 0 Å². The van der Waals surface area contributed by atoms with Crippen LogP contribution in [-0.2, 0) is 4.79 Å². The quantitative estimate of drug-likeness (QED) is 0.822. The first kappa shape index (κ1) is 11.2. The molecule has 4 heteroatoms. The number of aryl methyl sites for hydroxylation is 1. The molecule has 0 aliphatic rings. The summed E-state index contributed by atoms with van der Waals surface area (Å²) in [4.78, 5) is 13.4. The predicted octanol–water partition coefficient (Wildman–Crippen LogP) is 1.63. The van der Waals surface area contributed by atoms with Crippen molar-refractivity contribution in [1.29, 1.82) is 0 Å². The molecule has 0 unspecified atom stereocenters. The lowest BCUT2D eigenvalue weighted by Crippen LogP contribution is -2.28. The van der Waals surface area contributed by atoms with E-state index in [1.165, 1.54) is 0 Å². The molecule has 1 aromatic rings. The molecule has 1 N–H and O–H groups in total. The van der Waals surface area contributed by atoms with Crippen LogP contribution in [0.2, 0.25) is 0 Å². The van der Waals surface area contributed by atoms with Gasteiger partial charge < -0.3 is 10.2 Å². The fourth-order valence-corrected chi connectivity index (χ4v) is 2.14. The van der Waals surface area contributed by atoms with Crippen LogP contribution in [-0.4, -0.2) is 26.5 Å². The van der Waals surface area contributed by atoms with Crippen molar-refractivity contribution in [1.82, 2.24) is 5.32 Å². The molecule has 0 spiro atoms. The van der Waals surface area contributed by atoms with Crippen LogP contribution in [0, 0.1) is 6.92 Å². The van der Waals surface area contributed by atoms with E-state index in [4.69, 9.17) is 0 Å². The molecule has 1 heterocycles. The Bertz CT molecular complexity index is 309. The highest BCUT2D eigenvalue weighted by Crippen LogP contribution is 2.25. The number of thiophene rings is 1. The van der Waals surface area contributed by atoms with E-state index in [0.717, 1.165) is 17.1 Å². The molecule has 0 bridgehead atoms. The molecular weight excluding hydrogens is 196 g/mol. The summed E-state index contributed by atoms with van der Waals surface area (Å²) in [6.45, 7) is 2.75. The van der Waals surface area contributed by atoms with Crippen molar-refractivity contribution in [2.45, 2.75) is 13.3 Å². The Hall–Kier alpha value is -0.870. The number of amides is 1. The van der Waals surface area contributed by atoms with Gasteiger partial charge in [0.05, 0.1) is 0 Å². The fraction of sp³-hybridized carbons (Fsp3) is 0.500. The zero-order valence-corrected chi connectivity index (χ0v) is 9.65. The number of nitrogens with one attached hydrogen (secondary N) is 1. The zero-order valence-electron chi connectivity index (χ0n) is 8.83. The Morgan fingerprint density at radius 2 is 2.36 bits per heavy atom. The average Bonchev–Trinajstić information content (AvgIpc) is 2.59. The standard InChI is InChI=1S/C10H16N2OS/c1-8-5-7-14-10(8)12(3)9(13)4-6-11-2/h5,7,11H,4,6H2,1-3H3. The fourth-order valence-electron chi connectivity index (χ4n) is 1.22. The maximum atomic E-state index is 11.6. The molecule has 1 amide bonds. The van der Waals surface area contributed by atoms with Crippen LogP contribution in [0.25, 0.3) is 0 Å². The largest absolute Gasteiger partial charge is 0.319 e. The number of hydrogen-bond donors (Lipinski definition) is 1. The lowest BCUT2D eigenvalue weighted by molar-refractivity contribution is -0.118. The Balaban J connectivity index is 2.61. The van der Waals surface area contributed by atoms with Crippen molar-refractivity contribution in [3.05, 3.63) is 17.0 Å². The third-order valence-corrected chi connectivity index (χ3v) is 3.19. The van der Waals surface area contributed by atoms with E-state index in [-0.39, 0.29) is 5.91 Å². The van der Waals surface area contributed by atoms with Crippen molar-refractivity contribution in [2.75, 3.05) is 25.5 Å². The van der Waals surface area contributed by atoms with E-state index in [0.29, 0.717) is 6.42 Å². The first-order chi connectivity index (χ1) is 6.66. The minimum absolute atomic E-state index is 0.157. The molecule has 0 aliphatic carbocycles. The van der Waals surface area contributed by atoms with Gasteiger partial charge in [-0.3, -0.25) is 4.79 Å². The highest BCUT2D eigenvalue weighted by Gasteiger charge is 2.12. The van der Waals surface area contributed by atoms with E-state index in [9.17, 15) is 4.79 Å². The van der Waals surface area contributed by atoms with Crippen molar-refractivity contribution < 1.29 is 4.79 Å². The zero-order chi connectivity index (χ0) is 10.6. The second kappa shape index (κ2) is 5.12. The highest BCUT2D eigenvalue weighted by molar-refractivity contribution is 7.14. The molecule has 78 valence electrons. The van der Waals surface area contributed by atoms with Crippen LogP contribution in [0.15, 0.2) is 11.4 Å². The summed E-state index contributed by atoms with van der Waals surface area (Å²) in [6.07, 6.45) is 0.546. The van der Waals surface area contributed by atoms with E-state index in [1.54, 1.807) is 16.2 Å². The van der Waals surface area contributed by atoms with Crippen LogP contribution >= 0.6 is 11.3 Å². The normalized spacial score (nSPS) is 10.2. The van der Waals surface area contributed by atoms with Crippen molar-refractivity contribution in [3.8, 4) is 0 Å². The van der Waals surface area contributed by atoms with Crippen molar-refractivity contribution >= 4 is 22.2 Å². The lowest BCUT2D eigenvalue weighted by Gasteiger charge is -2.16. The molecule has 0 atom stereocenters. The van der Waals surface area contributed by atoms with Gasteiger partial charge in [-0.2, -0.15) is 0 Å². The van der Waals surface area contributed by atoms with Gasteiger partial charge in [-0.05, 0) is 31.0 Å². The molecule has 0 saturated carbocycles. The number of carbonyl (C=O) groups excluding carboxylic acids is 1. The second-order valence-corrected chi connectivity index (χ2v) is 4.11. The number of carbonyl (C=O) groups is 1. The minimum atomic E-state index is 0.157. The van der Waals surface area contributed by atoms with Crippen LogP contribution in [0.5, 0.6) is 0 Å². The summed E-state index contributed by atoms with van der Waals surface area (Å²) in [7, 11) is 3.68. The molecule has 1 rings (SSSR count). The third kappa shape index (κ3) is 2.56. The third-order valence-electron chi connectivity index (χ3n) is 2.10. The predicted molar refractivity (Wildman–Crippen MR) is 61.0 cm³/mol. The topological polar surface area (TPSA) is 32.3 Å². The molecule has 0 fully saturated rings. The summed E-state index contributed by atoms with van der Waals surface area (Å²) in [5, 5.41) is 6.02. The summed E-state index contributed by atoms with van der Waals surface area (Å²) in [5.41, 5.74) is 1.16. The summed E-state index contributed by atoms with van der Waals surface area (Å²) in [6, 6.07) is 2.03. The van der Waals surface area contributed by atoms with Crippen LogP contribution in [0.3, 0.4) is 0 Å². The van der Waals surface area contributed by atoms with Gasteiger partial charge in [0.1, 0.15) is 5.00 Å². The number of anilines is 1. The molecule has 0 aromatic carbocycles. The Kier molecular flexibility index (Phi) is 4.10. The van der Waals surface area contributed by atoms with E-state index >= 15 is 0 Å². The van der Waals surface area contributed by atoms with Gasteiger partial charge in [-0.15, -0.1) is 11.3 Å². The number of nitrogens with zero attached hydrogens (tertiary/aromatic N) is 1. The van der Waals surface area contributed by atoms with E-state index in [1.807, 2.05) is 32.5 Å². The molecule has 0 saturated heterocycles. The molecule has 0 aliphatic heterocycles. The smallest absolute Gasteiger partial charge is 0.228 e. The van der Waals surface area contributed by atoms with Crippen LogP contribution in [0.1, 0.15) is 12.0 Å². The summed E-state index contributed by atoms with van der Waals surface area (Å²) >= 11 is 1.60.